The van der Waals surface area contributed by atoms with E-state index in [-0.39, 0.29) is 37.5 Å². The van der Waals surface area contributed by atoms with Gasteiger partial charge in [0, 0.05) is 32.2 Å². The number of aliphatic hydroxyl groups excluding tert-OH is 2. The molecule has 1 saturated heterocycles. The number of aliphatic hydroxyl groups is 2. The Labute approximate surface area is 126 Å². The quantitative estimate of drug-likeness (QED) is 0.352. The van der Waals surface area contributed by atoms with Crippen LogP contribution in [-0.4, -0.2) is 77.0 Å². The van der Waals surface area contributed by atoms with E-state index < -0.39 is 12.5 Å². The van der Waals surface area contributed by atoms with Crippen LogP contribution in [0, 0.1) is 0 Å². The van der Waals surface area contributed by atoms with Crippen LogP contribution in [0.2, 0.25) is 0 Å². The van der Waals surface area contributed by atoms with Crippen molar-refractivity contribution in [3.63, 3.8) is 0 Å². The third kappa shape index (κ3) is 8.03. The molecule has 0 aromatic rings. The van der Waals surface area contributed by atoms with Gasteiger partial charge in [-0.25, -0.2) is 0 Å². The maximum atomic E-state index is 9.80. The zero-order valence-corrected chi connectivity index (χ0v) is 13.3. The Morgan fingerprint density at radius 3 is 2.33 bits per heavy atom. The molecule has 0 amide bonds. The van der Waals surface area contributed by atoms with Gasteiger partial charge in [0.2, 0.25) is 0 Å². The summed E-state index contributed by atoms with van der Waals surface area (Å²) in [5, 5.41) is 39.3. The first-order valence-corrected chi connectivity index (χ1v) is 7.37. The van der Waals surface area contributed by atoms with Gasteiger partial charge in [0.25, 0.3) is 0 Å². The molecule has 1 heterocycles. The van der Waals surface area contributed by atoms with E-state index in [1.54, 1.807) is 0 Å². The predicted molar refractivity (Wildman–Crippen MR) is 78.6 cm³/mol. The number of rotatable bonds is 1. The number of hydrogen-bond donors (Lipinski definition) is 6. The standard InChI is InChI=1S/C13H30N4O4/c1-9-8-17(20)12(19)7-15-10(18)5-16-11(6-14-9)21-13(2,3)4/h9-12,14-16,18-20H,5-8H2,1-4H3. The minimum Gasteiger partial charge on any atom is -0.377 e. The van der Waals surface area contributed by atoms with E-state index in [1.807, 2.05) is 27.7 Å². The second-order valence-corrected chi connectivity index (χ2v) is 6.46. The lowest BCUT2D eigenvalue weighted by molar-refractivity contribution is -0.199. The zero-order valence-electron chi connectivity index (χ0n) is 13.3. The number of hydroxylamine groups is 2. The summed E-state index contributed by atoms with van der Waals surface area (Å²) in [6, 6.07) is -0.0260. The first kappa shape index (κ1) is 18.7. The van der Waals surface area contributed by atoms with Crippen molar-refractivity contribution in [3.05, 3.63) is 0 Å². The molecule has 0 radical (unpaired) electrons. The third-order valence-electron chi connectivity index (χ3n) is 3.03. The molecule has 4 atom stereocenters. The lowest BCUT2D eigenvalue weighted by atomic mass is 10.2. The van der Waals surface area contributed by atoms with Crippen molar-refractivity contribution in [2.24, 2.45) is 0 Å². The van der Waals surface area contributed by atoms with Gasteiger partial charge < -0.3 is 25.5 Å². The molecule has 8 nitrogen and oxygen atoms in total. The van der Waals surface area contributed by atoms with E-state index in [0.29, 0.717) is 6.54 Å². The highest BCUT2D eigenvalue weighted by Gasteiger charge is 2.23. The molecular formula is C13H30N4O4. The van der Waals surface area contributed by atoms with Crippen molar-refractivity contribution in [3.8, 4) is 0 Å². The van der Waals surface area contributed by atoms with Crippen LogP contribution in [0.15, 0.2) is 0 Å². The summed E-state index contributed by atoms with van der Waals surface area (Å²) in [5.41, 5.74) is -0.308. The van der Waals surface area contributed by atoms with Crippen molar-refractivity contribution in [2.45, 2.75) is 58.0 Å². The van der Waals surface area contributed by atoms with Gasteiger partial charge >= 0.3 is 0 Å². The van der Waals surface area contributed by atoms with E-state index in [0.717, 1.165) is 5.06 Å². The van der Waals surface area contributed by atoms with Gasteiger partial charge in [-0.05, 0) is 27.7 Å². The highest BCUT2D eigenvalue weighted by Crippen LogP contribution is 2.09. The van der Waals surface area contributed by atoms with Crippen LogP contribution >= 0.6 is 0 Å². The minimum atomic E-state index is -1.06. The van der Waals surface area contributed by atoms with Crippen LogP contribution in [0.4, 0.5) is 0 Å². The predicted octanol–water partition coefficient (Wildman–Crippen LogP) is -1.37. The van der Waals surface area contributed by atoms with Gasteiger partial charge in [-0.2, -0.15) is 5.06 Å². The fourth-order valence-corrected chi connectivity index (χ4v) is 2.02. The summed E-state index contributed by atoms with van der Waals surface area (Å²) < 4.78 is 5.89. The van der Waals surface area contributed by atoms with E-state index in [1.165, 1.54) is 0 Å². The summed E-state index contributed by atoms with van der Waals surface area (Å²) in [6.45, 7) is 8.94. The Balaban J connectivity index is 2.63. The normalized spacial score (nSPS) is 35.0. The van der Waals surface area contributed by atoms with Crippen LogP contribution in [0.5, 0.6) is 0 Å². The summed E-state index contributed by atoms with van der Waals surface area (Å²) in [5.74, 6) is 0. The molecule has 0 aromatic heterocycles. The number of nitrogens with one attached hydrogen (secondary N) is 3. The molecule has 0 bridgehead atoms. The molecule has 1 aliphatic heterocycles. The number of nitrogens with zero attached hydrogens (tertiary/aromatic N) is 1. The molecule has 0 saturated carbocycles. The highest BCUT2D eigenvalue weighted by molar-refractivity contribution is 4.74. The summed E-state index contributed by atoms with van der Waals surface area (Å²) in [6.07, 6.45) is -2.17. The van der Waals surface area contributed by atoms with Crippen molar-refractivity contribution in [2.75, 3.05) is 26.2 Å². The van der Waals surface area contributed by atoms with E-state index in [9.17, 15) is 15.4 Å². The Morgan fingerprint density at radius 1 is 1.05 bits per heavy atom. The average Bonchev–Trinajstić information content (AvgIpc) is 2.36. The lowest BCUT2D eigenvalue weighted by Crippen LogP contribution is -2.55. The van der Waals surface area contributed by atoms with Crippen LogP contribution in [0.25, 0.3) is 0 Å². The Hall–Kier alpha value is -0.320. The molecule has 1 rings (SSSR count). The molecule has 8 heteroatoms. The Bertz CT molecular complexity index is 300. The SMILES string of the molecule is CC1CN(O)C(O)CNC(O)CNC(OC(C)(C)C)CN1. The van der Waals surface area contributed by atoms with Gasteiger partial charge in [0.1, 0.15) is 18.7 Å². The summed E-state index contributed by atoms with van der Waals surface area (Å²) in [4.78, 5) is 0. The molecule has 6 N–H and O–H groups in total. The fourth-order valence-electron chi connectivity index (χ4n) is 2.02. The van der Waals surface area contributed by atoms with Gasteiger partial charge in [0.15, 0.2) is 0 Å². The van der Waals surface area contributed by atoms with E-state index in [4.69, 9.17) is 4.74 Å². The molecule has 1 fully saturated rings. The van der Waals surface area contributed by atoms with E-state index in [2.05, 4.69) is 16.0 Å². The molecule has 126 valence electrons. The topological polar surface area (TPSA) is 109 Å². The Morgan fingerprint density at radius 2 is 1.71 bits per heavy atom. The molecule has 0 spiro atoms. The monoisotopic (exact) mass is 306 g/mol. The van der Waals surface area contributed by atoms with Crippen LogP contribution in [0.1, 0.15) is 27.7 Å². The number of hydrogen-bond acceptors (Lipinski definition) is 8. The van der Waals surface area contributed by atoms with Crippen molar-refractivity contribution < 1.29 is 20.2 Å². The molecular weight excluding hydrogens is 276 g/mol. The van der Waals surface area contributed by atoms with Crippen molar-refractivity contribution >= 4 is 0 Å². The van der Waals surface area contributed by atoms with Gasteiger partial charge in [-0.15, -0.1) is 0 Å². The van der Waals surface area contributed by atoms with Crippen LogP contribution < -0.4 is 16.0 Å². The molecule has 0 aromatic carbocycles. The molecule has 21 heavy (non-hydrogen) atoms. The largest absolute Gasteiger partial charge is 0.377 e. The van der Waals surface area contributed by atoms with Gasteiger partial charge in [0.05, 0.1) is 5.60 Å². The number of β-amino-alcohol motifs (C(OH)–C–C–N with tert-alkyl or cyclic N) is 2. The third-order valence-corrected chi connectivity index (χ3v) is 3.03. The maximum Gasteiger partial charge on any atom is 0.142 e. The van der Waals surface area contributed by atoms with Gasteiger partial charge in [-0.3, -0.25) is 10.6 Å². The zero-order chi connectivity index (χ0) is 16.0. The van der Waals surface area contributed by atoms with E-state index >= 15 is 0 Å². The minimum absolute atomic E-state index is 0.0260. The first-order valence-electron chi connectivity index (χ1n) is 7.37. The molecule has 0 aliphatic carbocycles. The first-order chi connectivity index (χ1) is 9.67. The number of ether oxygens (including phenoxy) is 1. The van der Waals surface area contributed by atoms with Crippen molar-refractivity contribution in [1.82, 2.24) is 21.0 Å². The molecule has 1 aliphatic rings. The van der Waals surface area contributed by atoms with Crippen LogP contribution in [0.3, 0.4) is 0 Å². The average molecular weight is 306 g/mol. The Kier molecular flexibility index (Phi) is 7.45. The fraction of sp³-hybridized carbons (Fsp3) is 1.00. The van der Waals surface area contributed by atoms with Crippen molar-refractivity contribution in [1.29, 1.82) is 0 Å². The lowest BCUT2D eigenvalue weighted by Gasteiger charge is -2.32. The second kappa shape index (κ2) is 8.35. The smallest absolute Gasteiger partial charge is 0.142 e. The van der Waals surface area contributed by atoms with Crippen LogP contribution in [-0.2, 0) is 4.74 Å². The van der Waals surface area contributed by atoms with Gasteiger partial charge in [-0.1, -0.05) is 0 Å². The summed E-state index contributed by atoms with van der Waals surface area (Å²) in [7, 11) is 0. The maximum absolute atomic E-state index is 9.80. The molecule has 4 unspecified atom stereocenters. The second-order valence-electron chi connectivity index (χ2n) is 6.46. The summed E-state index contributed by atoms with van der Waals surface area (Å²) >= 11 is 0. The highest BCUT2D eigenvalue weighted by atomic mass is 16.5.